The van der Waals surface area contributed by atoms with E-state index in [0.717, 1.165) is 18.5 Å². The number of fused-ring (bicyclic) bond motifs is 1. The zero-order chi connectivity index (χ0) is 16.0. The van der Waals surface area contributed by atoms with Gasteiger partial charge in [0.15, 0.2) is 11.5 Å². The molecule has 0 radical (unpaired) electrons. The van der Waals surface area contributed by atoms with Crippen LogP contribution in [0.3, 0.4) is 0 Å². The smallest absolute Gasteiger partial charge is 0.258 e. The van der Waals surface area contributed by atoms with Gasteiger partial charge in [0.1, 0.15) is 6.17 Å². The van der Waals surface area contributed by atoms with E-state index < -0.39 is 0 Å². The summed E-state index contributed by atoms with van der Waals surface area (Å²) in [6, 6.07) is 13.1. The average Bonchev–Trinajstić information content (AvgIpc) is 3.40. The number of hydrogen-bond donors (Lipinski definition) is 2. The van der Waals surface area contributed by atoms with E-state index in [1.54, 1.807) is 6.07 Å². The molecule has 23 heavy (non-hydrogen) atoms. The fraction of sp³-hybridized carbons (Fsp3) is 0.278. The molecule has 2 aliphatic rings. The quantitative estimate of drug-likeness (QED) is 0.914. The van der Waals surface area contributed by atoms with Crippen LogP contribution >= 0.6 is 0 Å². The molecule has 5 heteroatoms. The molecular weight excluding hydrogens is 292 g/mol. The number of carbonyl (C=O) groups excluding carboxylic acids is 1. The van der Waals surface area contributed by atoms with Crippen LogP contribution in [0.15, 0.2) is 42.5 Å². The van der Waals surface area contributed by atoms with Crippen LogP contribution in [0, 0.1) is 0 Å². The molecule has 1 fully saturated rings. The molecule has 1 aliphatic heterocycles. The number of para-hydroxylation sites is 2. The van der Waals surface area contributed by atoms with Crippen molar-refractivity contribution < 1.29 is 14.6 Å². The minimum absolute atomic E-state index is 0.00840. The number of carbonyl (C=O) groups is 1. The van der Waals surface area contributed by atoms with Crippen molar-refractivity contribution in [3.63, 3.8) is 0 Å². The molecule has 0 spiro atoms. The topological polar surface area (TPSA) is 61.8 Å². The van der Waals surface area contributed by atoms with Crippen molar-refractivity contribution in [1.82, 2.24) is 4.90 Å². The standard InChI is InChI=1S/C18H18N2O3/c1-23-15-8-4-6-13(16(15)21)17-19-14-7-3-2-5-12(14)18(22)20(17)11-9-10-11/h2-8,11,17,19,21H,9-10H2,1H3. The van der Waals surface area contributed by atoms with Crippen LogP contribution in [0.1, 0.15) is 34.9 Å². The van der Waals surface area contributed by atoms with Gasteiger partial charge in [-0.1, -0.05) is 24.3 Å². The number of aromatic hydroxyl groups is 1. The van der Waals surface area contributed by atoms with Crippen LogP contribution in [0.2, 0.25) is 0 Å². The second-order valence-electron chi connectivity index (χ2n) is 5.93. The zero-order valence-electron chi connectivity index (χ0n) is 12.8. The van der Waals surface area contributed by atoms with E-state index in [-0.39, 0.29) is 23.9 Å². The third-order valence-corrected chi connectivity index (χ3v) is 4.45. The number of anilines is 1. The van der Waals surface area contributed by atoms with Gasteiger partial charge in [-0.2, -0.15) is 0 Å². The fourth-order valence-corrected chi connectivity index (χ4v) is 3.15. The Bertz CT molecular complexity index is 771. The van der Waals surface area contributed by atoms with Crippen LogP contribution in [0.5, 0.6) is 11.5 Å². The summed E-state index contributed by atoms with van der Waals surface area (Å²) in [4.78, 5) is 14.8. The number of hydrogen-bond acceptors (Lipinski definition) is 4. The maximum Gasteiger partial charge on any atom is 0.258 e. The highest BCUT2D eigenvalue weighted by molar-refractivity contribution is 6.02. The molecule has 1 saturated carbocycles. The number of benzene rings is 2. The van der Waals surface area contributed by atoms with Crippen molar-refractivity contribution in [3.05, 3.63) is 53.6 Å². The first kappa shape index (κ1) is 13.9. The van der Waals surface area contributed by atoms with Gasteiger partial charge in [0.2, 0.25) is 0 Å². The van der Waals surface area contributed by atoms with Gasteiger partial charge >= 0.3 is 0 Å². The summed E-state index contributed by atoms with van der Waals surface area (Å²) < 4.78 is 5.20. The van der Waals surface area contributed by atoms with Crippen LogP contribution in [-0.2, 0) is 0 Å². The molecule has 118 valence electrons. The van der Waals surface area contributed by atoms with Gasteiger partial charge in [0.25, 0.3) is 5.91 Å². The fourth-order valence-electron chi connectivity index (χ4n) is 3.15. The van der Waals surface area contributed by atoms with Gasteiger partial charge in [0.05, 0.1) is 12.7 Å². The number of amides is 1. The lowest BCUT2D eigenvalue weighted by Gasteiger charge is -2.38. The second kappa shape index (κ2) is 5.19. The normalized spacial score (nSPS) is 20.0. The van der Waals surface area contributed by atoms with Crippen LogP contribution in [0.25, 0.3) is 0 Å². The number of phenols is 1. The van der Waals surface area contributed by atoms with E-state index in [4.69, 9.17) is 4.74 Å². The van der Waals surface area contributed by atoms with Gasteiger partial charge in [-0.25, -0.2) is 0 Å². The van der Waals surface area contributed by atoms with Gasteiger partial charge in [-0.15, -0.1) is 0 Å². The summed E-state index contributed by atoms with van der Waals surface area (Å²) in [7, 11) is 1.52. The first-order chi connectivity index (χ1) is 11.2. The Morgan fingerprint density at radius 3 is 2.70 bits per heavy atom. The van der Waals surface area contributed by atoms with E-state index in [1.165, 1.54) is 7.11 Å². The molecule has 2 aromatic rings. The maximum atomic E-state index is 12.9. The Labute approximate surface area is 134 Å². The summed E-state index contributed by atoms with van der Waals surface area (Å²) in [5.74, 6) is 0.491. The predicted molar refractivity (Wildman–Crippen MR) is 86.7 cm³/mol. The molecule has 0 saturated heterocycles. The summed E-state index contributed by atoms with van der Waals surface area (Å²) in [6.45, 7) is 0. The Balaban J connectivity index is 1.82. The molecule has 2 aromatic carbocycles. The summed E-state index contributed by atoms with van der Waals surface area (Å²) in [5, 5.41) is 13.9. The van der Waals surface area contributed by atoms with Gasteiger partial charge in [-0.3, -0.25) is 4.79 Å². The monoisotopic (exact) mass is 310 g/mol. The SMILES string of the molecule is COc1cccc(C2Nc3ccccc3C(=O)N2C2CC2)c1O. The highest BCUT2D eigenvalue weighted by Crippen LogP contribution is 2.44. The molecule has 1 aliphatic carbocycles. The van der Waals surface area contributed by atoms with Crippen molar-refractivity contribution >= 4 is 11.6 Å². The van der Waals surface area contributed by atoms with Gasteiger partial charge in [0, 0.05) is 17.3 Å². The van der Waals surface area contributed by atoms with Crippen molar-refractivity contribution in [2.45, 2.75) is 25.0 Å². The van der Waals surface area contributed by atoms with E-state index in [0.29, 0.717) is 16.9 Å². The number of methoxy groups -OCH3 is 1. The average molecular weight is 310 g/mol. The first-order valence-electron chi connectivity index (χ1n) is 7.75. The van der Waals surface area contributed by atoms with Crippen molar-refractivity contribution in [2.24, 2.45) is 0 Å². The Kier molecular flexibility index (Phi) is 3.15. The van der Waals surface area contributed by atoms with Crippen LogP contribution in [-0.4, -0.2) is 29.1 Å². The van der Waals surface area contributed by atoms with E-state index in [2.05, 4.69) is 5.32 Å². The largest absolute Gasteiger partial charge is 0.504 e. The lowest BCUT2D eigenvalue weighted by Crippen LogP contribution is -2.44. The summed E-state index contributed by atoms with van der Waals surface area (Å²) >= 11 is 0. The van der Waals surface area contributed by atoms with Crippen LogP contribution < -0.4 is 10.1 Å². The van der Waals surface area contributed by atoms with Gasteiger partial charge in [-0.05, 0) is 31.0 Å². The van der Waals surface area contributed by atoms with E-state index >= 15 is 0 Å². The Morgan fingerprint density at radius 2 is 1.96 bits per heavy atom. The molecule has 1 unspecified atom stereocenters. The molecule has 0 bridgehead atoms. The molecule has 4 rings (SSSR count). The number of nitrogens with one attached hydrogen (secondary N) is 1. The Hall–Kier alpha value is -2.69. The highest BCUT2D eigenvalue weighted by Gasteiger charge is 2.42. The van der Waals surface area contributed by atoms with E-state index in [1.807, 2.05) is 41.3 Å². The zero-order valence-corrected chi connectivity index (χ0v) is 12.8. The minimum atomic E-state index is -0.389. The predicted octanol–water partition coefficient (Wildman–Crippen LogP) is 3.13. The number of ether oxygens (including phenoxy) is 1. The van der Waals surface area contributed by atoms with Gasteiger partial charge < -0.3 is 20.1 Å². The lowest BCUT2D eigenvalue weighted by molar-refractivity contribution is 0.0664. The molecule has 1 heterocycles. The molecule has 2 N–H and O–H groups in total. The van der Waals surface area contributed by atoms with Crippen molar-refractivity contribution in [2.75, 3.05) is 12.4 Å². The summed E-state index contributed by atoms with van der Waals surface area (Å²) in [5.41, 5.74) is 2.12. The minimum Gasteiger partial charge on any atom is -0.504 e. The third kappa shape index (κ3) is 2.20. The highest BCUT2D eigenvalue weighted by atomic mass is 16.5. The number of rotatable bonds is 3. The maximum absolute atomic E-state index is 12.9. The summed E-state index contributed by atoms with van der Waals surface area (Å²) in [6.07, 6.45) is 1.60. The van der Waals surface area contributed by atoms with Crippen molar-refractivity contribution in [3.8, 4) is 11.5 Å². The third-order valence-electron chi connectivity index (χ3n) is 4.45. The molecular formula is C18H18N2O3. The second-order valence-corrected chi connectivity index (χ2v) is 5.93. The molecule has 0 aromatic heterocycles. The molecule has 1 amide bonds. The number of nitrogens with zero attached hydrogens (tertiary/aromatic N) is 1. The van der Waals surface area contributed by atoms with Crippen LogP contribution in [0.4, 0.5) is 5.69 Å². The number of phenolic OH excluding ortho intramolecular Hbond substituents is 1. The first-order valence-corrected chi connectivity index (χ1v) is 7.75. The van der Waals surface area contributed by atoms with Crippen molar-refractivity contribution in [1.29, 1.82) is 0 Å². The Morgan fingerprint density at radius 1 is 1.17 bits per heavy atom. The molecule has 5 nitrogen and oxygen atoms in total. The lowest BCUT2D eigenvalue weighted by atomic mass is 10.0. The molecule has 1 atom stereocenters. The van der Waals surface area contributed by atoms with E-state index in [9.17, 15) is 9.90 Å².